The molecule has 0 bridgehead atoms. The summed E-state index contributed by atoms with van der Waals surface area (Å²) < 4.78 is 24.9. The summed E-state index contributed by atoms with van der Waals surface area (Å²) in [6, 6.07) is 12.2. The fraction of sp³-hybridized carbons (Fsp3) is 0.273. The number of hydrogen-bond acceptors (Lipinski definition) is 4. The number of esters is 1. The van der Waals surface area contributed by atoms with E-state index in [9.17, 15) is 14.0 Å². The molecule has 0 saturated heterocycles. The summed E-state index contributed by atoms with van der Waals surface area (Å²) in [5.41, 5.74) is 2.42. The van der Waals surface area contributed by atoms with Crippen molar-refractivity contribution in [2.45, 2.75) is 26.2 Å². The zero-order chi connectivity index (χ0) is 19.6. The smallest absolute Gasteiger partial charge is 0.333 e. The molecule has 0 spiro atoms. The molecule has 0 heterocycles. The minimum absolute atomic E-state index is 0.269. The topological polar surface area (TPSA) is 52.6 Å². The molecule has 2 rings (SSSR count). The Labute approximate surface area is 158 Å². The highest BCUT2D eigenvalue weighted by molar-refractivity contribution is 5.86. The van der Waals surface area contributed by atoms with Crippen LogP contribution >= 0.6 is 0 Å². The summed E-state index contributed by atoms with van der Waals surface area (Å²) in [4.78, 5) is 21.7. The largest absolute Gasteiger partial charge is 0.493 e. The van der Waals surface area contributed by atoms with Gasteiger partial charge in [-0.25, -0.2) is 9.18 Å². The van der Waals surface area contributed by atoms with Crippen molar-refractivity contribution >= 4 is 12.3 Å². The zero-order valence-corrected chi connectivity index (χ0v) is 15.4. The van der Waals surface area contributed by atoms with Crippen molar-refractivity contribution < 1.29 is 23.5 Å². The van der Waals surface area contributed by atoms with Crippen LogP contribution < -0.4 is 4.74 Å². The van der Waals surface area contributed by atoms with E-state index in [4.69, 9.17) is 9.47 Å². The second-order valence-electron chi connectivity index (χ2n) is 6.16. The van der Waals surface area contributed by atoms with Crippen molar-refractivity contribution in [3.63, 3.8) is 0 Å². The molecule has 0 saturated carbocycles. The quantitative estimate of drug-likeness (QED) is 0.267. The highest BCUT2D eigenvalue weighted by Crippen LogP contribution is 2.26. The second kappa shape index (κ2) is 10.3. The number of aldehydes is 1. The molecule has 0 radical (unpaired) electrons. The van der Waals surface area contributed by atoms with E-state index in [0.717, 1.165) is 17.4 Å². The number of hydrogen-bond donors (Lipinski definition) is 0. The van der Waals surface area contributed by atoms with Gasteiger partial charge in [0.25, 0.3) is 0 Å². The fourth-order valence-corrected chi connectivity index (χ4v) is 2.44. The van der Waals surface area contributed by atoms with Gasteiger partial charge in [0.05, 0.1) is 13.2 Å². The van der Waals surface area contributed by atoms with Gasteiger partial charge in [0.2, 0.25) is 0 Å². The summed E-state index contributed by atoms with van der Waals surface area (Å²) in [6.07, 6.45) is 2.32. The predicted molar refractivity (Wildman–Crippen MR) is 102 cm³/mol. The highest BCUT2D eigenvalue weighted by Gasteiger charge is 2.07. The first kappa shape index (κ1) is 20.4. The van der Waals surface area contributed by atoms with Crippen LogP contribution in [-0.4, -0.2) is 25.5 Å². The molecule has 0 aliphatic carbocycles. The lowest BCUT2D eigenvalue weighted by Gasteiger charge is -2.09. The fourth-order valence-electron chi connectivity index (χ4n) is 2.44. The lowest BCUT2D eigenvalue weighted by Crippen LogP contribution is -2.09. The Morgan fingerprint density at radius 1 is 1.15 bits per heavy atom. The molecule has 2 aromatic carbocycles. The van der Waals surface area contributed by atoms with Crippen LogP contribution in [0, 0.1) is 5.82 Å². The summed E-state index contributed by atoms with van der Waals surface area (Å²) in [6.45, 7) is 5.79. The van der Waals surface area contributed by atoms with Gasteiger partial charge in [-0.15, -0.1) is 0 Å². The van der Waals surface area contributed by atoms with Crippen LogP contribution in [0.2, 0.25) is 0 Å². The minimum Gasteiger partial charge on any atom is -0.493 e. The van der Waals surface area contributed by atoms with E-state index in [1.54, 1.807) is 37.3 Å². The molecule has 0 unspecified atom stereocenters. The van der Waals surface area contributed by atoms with Crippen molar-refractivity contribution in [1.29, 1.82) is 0 Å². The molecule has 0 N–H and O–H groups in total. The van der Waals surface area contributed by atoms with Crippen LogP contribution in [-0.2, 0) is 20.7 Å². The van der Waals surface area contributed by atoms with Crippen molar-refractivity contribution in [2.75, 3.05) is 13.2 Å². The molecule has 0 aliphatic heterocycles. The highest BCUT2D eigenvalue weighted by atomic mass is 19.1. The van der Waals surface area contributed by atoms with E-state index in [2.05, 4.69) is 6.58 Å². The third-order valence-electron chi connectivity index (χ3n) is 3.89. The Kier molecular flexibility index (Phi) is 7.74. The van der Waals surface area contributed by atoms with E-state index in [0.29, 0.717) is 42.8 Å². The first-order chi connectivity index (χ1) is 13.0. The van der Waals surface area contributed by atoms with Gasteiger partial charge in [0.1, 0.15) is 17.9 Å². The molecular formula is C22H23FO4. The van der Waals surface area contributed by atoms with Crippen LogP contribution in [0.5, 0.6) is 5.75 Å². The van der Waals surface area contributed by atoms with Gasteiger partial charge in [-0.1, -0.05) is 30.8 Å². The normalized spacial score (nSPS) is 10.3. The van der Waals surface area contributed by atoms with Gasteiger partial charge < -0.3 is 14.3 Å². The van der Waals surface area contributed by atoms with Gasteiger partial charge in [-0.2, -0.15) is 0 Å². The van der Waals surface area contributed by atoms with Crippen LogP contribution in [0.4, 0.5) is 4.39 Å². The summed E-state index contributed by atoms with van der Waals surface area (Å²) >= 11 is 0. The molecule has 142 valence electrons. The number of benzene rings is 2. The molecule has 2 aromatic rings. The van der Waals surface area contributed by atoms with E-state index < -0.39 is 5.97 Å². The number of carbonyl (C=O) groups is 2. The van der Waals surface area contributed by atoms with Crippen LogP contribution in [0.3, 0.4) is 0 Å². The third-order valence-corrected chi connectivity index (χ3v) is 3.89. The lowest BCUT2D eigenvalue weighted by molar-refractivity contribution is -0.139. The lowest BCUT2D eigenvalue weighted by atomic mass is 10.0. The van der Waals surface area contributed by atoms with Crippen molar-refractivity contribution in [2.24, 2.45) is 0 Å². The third kappa shape index (κ3) is 6.37. The molecule has 27 heavy (non-hydrogen) atoms. The minimum atomic E-state index is -0.404. The maximum absolute atomic E-state index is 14.3. The average Bonchev–Trinajstić information content (AvgIpc) is 2.66. The monoisotopic (exact) mass is 370 g/mol. The van der Waals surface area contributed by atoms with E-state index >= 15 is 0 Å². The number of rotatable bonds is 10. The molecule has 0 fully saturated rings. The van der Waals surface area contributed by atoms with Crippen LogP contribution in [0.15, 0.2) is 54.6 Å². The molecular weight excluding hydrogens is 347 g/mol. The number of halogens is 1. The second-order valence-corrected chi connectivity index (χ2v) is 6.16. The number of carbonyl (C=O) groups excluding carboxylic acids is 2. The van der Waals surface area contributed by atoms with E-state index in [-0.39, 0.29) is 12.4 Å². The molecule has 4 nitrogen and oxygen atoms in total. The summed E-state index contributed by atoms with van der Waals surface area (Å²) in [7, 11) is 0. The van der Waals surface area contributed by atoms with Crippen molar-refractivity contribution in [1.82, 2.24) is 0 Å². The summed E-state index contributed by atoms with van der Waals surface area (Å²) in [5, 5.41) is 0. The van der Waals surface area contributed by atoms with Crippen molar-refractivity contribution in [3.05, 3.63) is 66.0 Å². The van der Waals surface area contributed by atoms with Crippen LogP contribution in [0.1, 0.15) is 25.3 Å². The summed E-state index contributed by atoms with van der Waals surface area (Å²) in [5.74, 6) is -0.0575. The van der Waals surface area contributed by atoms with Gasteiger partial charge in [0, 0.05) is 24.0 Å². The first-order valence-electron chi connectivity index (χ1n) is 8.79. The van der Waals surface area contributed by atoms with Gasteiger partial charge in [-0.3, -0.25) is 0 Å². The zero-order valence-electron chi connectivity index (χ0n) is 15.4. The van der Waals surface area contributed by atoms with Gasteiger partial charge >= 0.3 is 5.97 Å². The van der Waals surface area contributed by atoms with Gasteiger partial charge in [-0.05, 0) is 42.7 Å². The van der Waals surface area contributed by atoms with Crippen molar-refractivity contribution in [3.8, 4) is 16.9 Å². The standard InChI is InChI=1S/C22H23FO4/c1-16(2)22(25)27-14-4-13-26-19-9-7-18(8-10-19)20-11-6-17(5-3-12-24)15-21(20)23/h6-12,15H,1,3-5,13-14H2,2H3. The van der Waals surface area contributed by atoms with Gasteiger partial charge in [0.15, 0.2) is 0 Å². The molecule has 0 amide bonds. The Balaban J connectivity index is 1.87. The first-order valence-corrected chi connectivity index (χ1v) is 8.79. The van der Waals surface area contributed by atoms with E-state index in [1.165, 1.54) is 6.07 Å². The SMILES string of the molecule is C=C(C)C(=O)OCCCOc1ccc(-c2ccc(CCC=O)cc2F)cc1. The maximum atomic E-state index is 14.3. The van der Waals surface area contributed by atoms with Crippen LogP contribution in [0.25, 0.3) is 11.1 Å². The predicted octanol–water partition coefficient (Wildman–Crippen LogP) is 4.51. The number of ether oxygens (including phenoxy) is 2. The average molecular weight is 370 g/mol. The maximum Gasteiger partial charge on any atom is 0.333 e. The molecule has 0 aliphatic rings. The Hall–Kier alpha value is -2.95. The van der Waals surface area contributed by atoms with E-state index in [1.807, 2.05) is 6.07 Å². The molecule has 0 aromatic heterocycles. The molecule has 0 atom stereocenters. The number of aryl methyl sites for hydroxylation is 1. The molecule has 5 heteroatoms. The Morgan fingerprint density at radius 2 is 1.89 bits per heavy atom. The Bertz CT molecular complexity index is 796. The Morgan fingerprint density at radius 3 is 2.52 bits per heavy atom.